The molecule has 1 saturated heterocycles. The van der Waals surface area contributed by atoms with E-state index in [1.54, 1.807) is 0 Å². The molecule has 0 saturated carbocycles. The highest BCUT2D eigenvalue weighted by atomic mass is 15.4. The molecule has 1 heterocycles. The van der Waals surface area contributed by atoms with Crippen LogP contribution in [0.4, 0.5) is 0 Å². The summed E-state index contributed by atoms with van der Waals surface area (Å²) < 4.78 is 0. The molecule has 2 N–H and O–H groups in total. The molecule has 78 valence electrons. The van der Waals surface area contributed by atoms with Crippen molar-refractivity contribution in [2.75, 3.05) is 6.54 Å². The van der Waals surface area contributed by atoms with Crippen molar-refractivity contribution in [2.45, 2.75) is 19.9 Å². The molecule has 2 rings (SSSR count). The number of aryl methyl sites for hydroxylation is 2. The van der Waals surface area contributed by atoms with Crippen molar-refractivity contribution < 1.29 is 0 Å². The van der Waals surface area contributed by atoms with Crippen LogP contribution in [0.1, 0.15) is 22.7 Å². The zero-order valence-electron chi connectivity index (χ0n) is 9.04. The van der Waals surface area contributed by atoms with Gasteiger partial charge in [0.1, 0.15) is 0 Å². The second-order valence-electron chi connectivity index (χ2n) is 4.08. The number of rotatable bonds is 1. The van der Waals surface area contributed by atoms with Gasteiger partial charge in [0, 0.05) is 6.54 Å². The lowest BCUT2D eigenvalue weighted by molar-refractivity contribution is 0.545. The molecular formula is C12H15N3. The van der Waals surface area contributed by atoms with Crippen LogP contribution in [-0.4, -0.2) is 6.54 Å². The first-order valence-electron chi connectivity index (χ1n) is 5.17. The average molecular weight is 201 g/mol. The molecule has 1 aromatic carbocycles. The lowest BCUT2D eigenvalue weighted by Gasteiger charge is -2.14. The van der Waals surface area contributed by atoms with Crippen molar-refractivity contribution in [1.82, 2.24) is 10.9 Å². The van der Waals surface area contributed by atoms with Gasteiger partial charge in [-0.2, -0.15) is 5.26 Å². The van der Waals surface area contributed by atoms with E-state index >= 15 is 0 Å². The van der Waals surface area contributed by atoms with Crippen molar-refractivity contribution in [3.8, 4) is 6.07 Å². The minimum atomic E-state index is 0.0205. The summed E-state index contributed by atoms with van der Waals surface area (Å²) in [6.07, 6.45) is 0. The molecule has 0 bridgehead atoms. The summed E-state index contributed by atoms with van der Waals surface area (Å²) in [5, 5.41) is 8.99. The third-order valence-electron chi connectivity index (χ3n) is 3.04. The maximum Gasteiger partial charge on any atom is 0.0809 e. The Morgan fingerprint density at radius 3 is 2.80 bits per heavy atom. The lowest BCUT2D eigenvalue weighted by atomic mass is 9.94. The fraction of sp³-hybridized carbons (Fsp3) is 0.417. The van der Waals surface area contributed by atoms with Gasteiger partial charge in [-0.3, -0.25) is 5.43 Å². The number of nitriles is 1. The van der Waals surface area contributed by atoms with E-state index < -0.39 is 0 Å². The largest absolute Gasteiger partial charge is 0.256 e. The maximum atomic E-state index is 8.99. The molecule has 3 heteroatoms. The topological polar surface area (TPSA) is 47.8 Å². The van der Waals surface area contributed by atoms with Crippen LogP contribution in [0.15, 0.2) is 18.2 Å². The van der Waals surface area contributed by atoms with Gasteiger partial charge in [-0.25, -0.2) is 5.43 Å². The van der Waals surface area contributed by atoms with E-state index in [-0.39, 0.29) is 12.0 Å². The Morgan fingerprint density at radius 2 is 2.13 bits per heavy atom. The first-order chi connectivity index (χ1) is 7.22. The first-order valence-corrected chi connectivity index (χ1v) is 5.17. The molecule has 3 nitrogen and oxygen atoms in total. The summed E-state index contributed by atoms with van der Waals surface area (Å²) in [4.78, 5) is 0. The Hall–Kier alpha value is -1.37. The summed E-state index contributed by atoms with van der Waals surface area (Å²) in [5.74, 6) is 0.0205. The van der Waals surface area contributed by atoms with Crippen LogP contribution in [0.5, 0.6) is 0 Å². The summed E-state index contributed by atoms with van der Waals surface area (Å²) in [6.45, 7) is 4.91. The molecule has 1 aliphatic rings. The number of nitrogens with one attached hydrogen (secondary N) is 2. The fourth-order valence-corrected chi connectivity index (χ4v) is 1.89. The number of nitrogens with zero attached hydrogens (tertiary/aromatic N) is 1. The van der Waals surface area contributed by atoms with Crippen LogP contribution in [0.3, 0.4) is 0 Å². The van der Waals surface area contributed by atoms with Crippen LogP contribution >= 0.6 is 0 Å². The van der Waals surface area contributed by atoms with Crippen LogP contribution < -0.4 is 10.9 Å². The number of hydrogen-bond donors (Lipinski definition) is 2. The van der Waals surface area contributed by atoms with Crippen LogP contribution in [-0.2, 0) is 0 Å². The van der Waals surface area contributed by atoms with Crippen molar-refractivity contribution in [3.05, 3.63) is 34.9 Å². The van der Waals surface area contributed by atoms with E-state index in [1.165, 1.54) is 16.7 Å². The van der Waals surface area contributed by atoms with E-state index in [0.717, 1.165) is 0 Å². The highest BCUT2D eigenvalue weighted by Gasteiger charge is 2.27. The highest BCUT2D eigenvalue weighted by Crippen LogP contribution is 2.25. The summed E-state index contributed by atoms with van der Waals surface area (Å²) in [5.41, 5.74) is 9.94. The number of benzene rings is 1. The Labute approximate surface area is 90.1 Å². The minimum absolute atomic E-state index is 0.0205. The molecule has 2 atom stereocenters. The van der Waals surface area contributed by atoms with Gasteiger partial charge in [-0.05, 0) is 30.5 Å². The first kappa shape index (κ1) is 10.2. The van der Waals surface area contributed by atoms with E-state index in [0.29, 0.717) is 6.54 Å². The normalized spacial score (nSPS) is 25.1. The molecule has 1 aliphatic heterocycles. The second kappa shape index (κ2) is 4.01. The van der Waals surface area contributed by atoms with Crippen LogP contribution in [0.2, 0.25) is 0 Å². The quantitative estimate of drug-likeness (QED) is 0.725. The molecule has 0 spiro atoms. The summed E-state index contributed by atoms with van der Waals surface area (Å²) >= 11 is 0. The average Bonchev–Trinajstić information content (AvgIpc) is 2.70. The van der Waals surface area contributed by atoms with Crippen molar-refractivity contribution >= 4 is 0 Å². The molecule has 0 amide bonds. The molecule has 0 aromatic heterocycles. The number of hydrogen-bond acceptors (Lipinski definition) is 3. The highest BCUT2D eigenvalue weighted by molar-refractivity contribution is 5.33. The van der Waals surface area contributed by atoms with Gasteiger partial charge in [-0.15, -0.1) is 0 Å². The number of hydrazine groups is 1. The fourth-order valence-electron chi connectivity index (χ4n) is 1.89. The standard InChI is InChI=1S/C12H15N3/c1-8-3-4-10(5-9(8)2)12-11(6-13)7-14-15-12/h3-5,11-12,14-15H,7H2,1-2H3. The monoisotopic (exact) mass is 201 g/mol. The second-order valence-corrected chi connectivity index (χ2v) is 4.08. The zero-order valence-corrected chi connectivity index (χ0v) is 9.04. The van der Waals surface area contributed by atoms with Gasteiger partial charge in [0.05, 0.1) is 18.0 Å². The van der Waals surface area contributed by atoms with Crippen LogP contribution in [0, 0.1) is 31.1 Å². The Bertz CT molecular complexity index is 406. The zero-order chi connectivity index (χ0) is 10.8. The predicted octanol–water partition coefficient (Wildman–Crippen LogP) is 1.59. The predicted molar refractivity (Wildman–Crippen MR) is 58.9 cm³/mol. The third kappa shape index (κ3) is 1.87. The maximum absolute atomic E-state index is 8.99. The van der Waals surface area contributed by atoms with Gasteiger partial charge in [0.25, 0.3) is 0 Å². The Kier molecular flexibility index (Phi) is 2.72. The molecule has 0 aliphatic carbocycles. The molecule has 1 fully saturated rings. The van der Waals surface area contributed by atoms with E-state index in [9.17, 15) is 0 Å². The van der Waals surface area contributed by atoms with E-state index in [4.69, 9.17) is 5.26 Å². The van der Waals surface area contributed by atoms with Crippen molar-refractivity contribution in [2.24, 2.45) is 5.92 Å². The van der Waals surface area contributed by atoms with Gasteiger partial charge < -0.3 is 0 Å². The van der Waals surface area contributed by atoms with Crippen LogP contribution in [0.25, 0.3) is 0 Å². The van der Waals surface area contributed by atoms with Crippen molar-refractivity contribution in [1.29, 1.82) is 5.26 Å². The van der Waals surface area contributed by atoms with Crippen molar-refractivity contribution in [3.63, 3.8) is 0 Å². The minimum Gasteiger partial charge on any atom is -0.256 e. The third-order valence-corrected chi connectivity index (χ3v) is 3.04. The molecule has 2 unspecified atom stereocenters. The Morgan fingerprint density at radius 1 is 1.33 bits per heavy atom. The molecule has 1 aromatic rings. The summed E-state index contributed by atoms with van der Waals surface area (Å²) in [7, 11) is 0. The molecule has 15 heavy (non-hydrogen) atoms. The van der Waals surface area contributed by atoms with Gasteiger partial charge in [0.15, 0.2) is 0 Å². The molecule has 0 radical (unpaired) electrons. The Balaban J connectivity index is 2.30. The van der Waals surface area contributed by atoms with Gasteiger partial charge in [-0.1, -0.05) is 18.2 Å². The van der Waals surface area contributed by atoms with Gasteiger partial charge in [0.2, 0.25) is 0 Å². The van der Waals surface area contributed by atoms with E-state index in [1.807, 2.05) is 0 Å². The SMILES string of the molecule is Cc1ccc(C2NNCC2C#N)cc1C. The smallest absolute Gasteiger partial charge is 0.0809 e. The van der Waals surface area contributed by atoms with E-state index in [2.05, 4.69) is 49.0 Å². The van der Waals surface area contributed by atoms with Gasteiger partial charge >= 0.3 is 0 Å². The summed E-state index contributed by atoms with van der Waals surface area (Å²) in [6, 6.07) is 8.80. The lowest BCUT2D eigenvalue weighted by Crippen LogP contribution is -2.25. The molecular weight excluding hydrogens is 186 g/mol.